The molecule has 0 unspecified atom stereocenters. The van der Waals surface area contributed by atoms with Crippen molar-refractivity contribution in [3.8, 4) is 0 Å². The van der Waals surface area contributed by atoms with Gasteiger partial charge in [-0.3, -0.25) is 0 Å². The predicted octanol–water partition coefficient (Wildman–Crippen LogP) is 1.99. The molecule has 0 spiro atoms. The lowest BCUT2D eigenvalue weighted by molar-refractivity contribution is 0.0601. The average molecular weight is 219 g/mol. The van der Waals surface area contributed by atoms with Gasteiger partial charge in [0.1, 0.15) is 16.9 Å². The van der Waals surface area contributed by atoms with Crippen LogP contribution in [-0.2, 0) is 11.3 Å². The Balaban J connectivity index is 2.72. The van der Waals surface area contributed by atoms with Crippen molar-refractivity contribution in [3.63, 3.8) is 0 Å². The number of nitrogens with two attached hydrogens (primary N) is 1. The molecule has 4 heteroatoms. The van der Waals surface area contributed by atoms with Crippen molar-refractivity contribution >= 4 is 16.9 Å². The number of fused-ring (bicyclic) bond motifs is 1. The number of methoxy groups -OCH3 is 1. The van der Waals surface area contributed by atoms with Crippen LogP contribution >= 0.6 is 0 Å². The molecule has 1 heterocycles. The average Bonchev–Trinajstić information content (AvgIpc) is 2.73. The smallest absolute Gasteiger partial charge is 0.341 e. The molecule has 2 aromatic rings. The van der Waals surface area contributed by atoms with Crippen LogP contribution in [0.15, 0.2) is 22.6 Å². The molecule has 0 atom stereocenters. The van der Waals surface area contributed by atoms with Crippen molar-refractivity contribution < 1.29 is 13.9 Å². The zero-order chi connectivity index (χ0) is 11.7. The summed E-state index contributed by atoms with van der Waals surface area (Å²) in [6.07, 6.45) is 0. The number of esters is 1. The van der Waals surface area contributed by atoms with E-state index in [-0.39, 0.29) is 0 Å². The summed E-state index contributed by atoms with van der Waals surface area (Å²) in [5.41, 5.74) is 7.54. The molecule has 0 aliphatic carbocycles. The van der Waals surface area contributed by atoms with E-state index >= 15 is 0 Å². The number of rotatable bonds is 2. The van der Waals surface area contributed by atoms with Crippen molar-refractivity contribution in [2.75, 3.05) is 7.11 Å². The SMILES string of the molecule is COC(=O)c1ccc(C)c2cc(CN)oc12. The number of furan rings is 1. The number of benzene rings is 1. The Hall–Kier alpha value is -1.81. The third-order valence-corrected chi connectivity index (χ3v) is 2.56. The monoisotopic (exact) mass is 219 g/mol. The van der Waals surface area contributed by atoms with Gasteiger partial charge in [-0.2, -0.15) is 0 Å². The van der Waals surface area contributed by atoms with Gasteiger partial charge in [0.2, 0.25) is 0 Å². The predicted molar refractivity (Wildman–Crippen MR) is 60.2 cm³/mol. The molecule has 0 amide bonds. The first-order valence-electron chi connectivity index (χ1n) is 4.97. The first-order chi connectivity index (χ1) is 7.67. The summed E-state index contributed by atoms with van der Waals surface area (Å²) in [4.78, 5) is 11.5. The first kappa shape index (κ1) is 10.7. The summed E-state index contributed by atoms with van der Waals surface area (Å²) in [7, 11) is 1.35. The van der Waals surface area contributed by atoms with E-state index < -0.39 is 5.97 Å². The second-order valence-corrected chi connectivity index (χ2v) is 3.58. The van der Waals surface area contributed by atoms with Gasteiger partial charge >= 0.3 is 5.97 Å². The molecule has 1 aromatic heterocycles. The second-order valence-electron chi connectivity index (χ2n) is 3.58. The minimum Gasteiger partial charge on any atom is -0.465 e. The van der Waals surface area contributed by atoms with Gasteiger partial charge in [0.25, 0.3) is 0 Å². The number of hydrogen-bond acceptors (Lipinski definition) is 4. The van der Waals surface area contributed by atoms with Crippen LogP contribution < -0.4 is 5.73 Å². The number of aryl methyl sites for hydroxylation is 1. The molecule has 0 bridgehead atoms. The third kappa shape index (κ3) is 1.57. The van der Waals surface area contributed by atoms with E-state index in [4.69, 9.17) is 14.9 Å². The van der Waals surface area contributed by atoms with E-state index in [0.29, 0.717) is 23.5 Å². The van der Waals surface area contributed by atoms with E-state index in [1.54, 1.807) is 6.07 Å². The van der Waals surface area contributed by atoms with Crippen LogP contribution in [0, 0.1) is 6.92 Å². The van der Waals surface area contributed by atoms with Crippen molar-refractivity contribution in [3.05, 3.63) is 35.1 Å². The summed E-state index contributed by atoms with van der Waals surface area (Å²) in [5, 5.41) is 0.906. The molecule has 0 radical (unpaired) electrons. The summed E-state index contributed by atoms with van der Waals surface area (Å²) in [5.74, 6) is 0.261. The molecule has 0 fully saturated rings. The van der Waals surface area contributed by atoms with Gasteiger partial charge in [-0.15, -0.1) is 0 Å². The highest BCUT2D eigenvalue weighted by atomic mass is 16.5. The van der Waals surface area contributed by atoms with Crippen LogP contribution in [0.5, 0.6) is 0 Å². The van der Waals surface area contributed by atoms with Crippen LogP contribution in [0.4, 0.5) is 0 Å². The molecular weight excluding hydrogens is 206 g/mol. The maximum Gasteiger partial charge on any atom is 0.341 e. The van der Waals surface area contributed by atoms with Gasteiger partial charge in [-0.05, 0) is 24.6 Å². The first-order valence-corrected chi connectivity index (χ1v) is 4.97. The quantitative estimate of drug-likeness (QED) is 0.784. The van der Waals surface area contributed by atoms with Gasteiger partial charge in [-0.1, -0.05) is 6.07 Å². The molecule has 16 heavy (non-hydrogen) atoms. The number of ether oxygens (including phenoxy) is 1. The molecule has 1 aromatic carbocycles. The fourth-order valence-corrected chi connectivity index (χ4v) is 1.68. The van der Waals surface area contributed by atoms with Gasteiger partial charge in [0.05, 0.1) is 13.7 Å². The topological polar surface area (TPSA) is 65.5 Å². The zero-order valence-corrected chi connectivity index (χ0v) is 9.24. The molecule has 2 rings (SSSR count). The molecule has 4 nitrogen and oxygen atoms in total. The number of carbonyl (C=O) groups is 1. The molecule has 2 N–H and O–H groups in total. The van der Waals surface area contributed by atoms with Crippen molar-refractivity contribution in [2.24, 2.45) is 5.73 Å². The normalized spacial score (nSPS) is 10.7. The standard InChI is InChI=1S/C12H13NO3/c1-7-3-4-9(12(14)15-2)11-10(7)5-8(6-13)16-11/h3-5H,6,13H2,1-2H3. The molecular formula is C12H13NO3. The van der Waals surface area contributed by atoms with E-state index in [1.807, 2.05) is 19.1 Å². The van der Waals surface area contributed by atoms with Crippen LogP contribution in [-0.4, -0.2) is 13.1 Å². The number of hydrogen-bond donors (Lipinski definition) is 1. The van der Waals surface area contributed by atoms with Crippen LogP contribution in [0.1, 0.15) is 21.7 Å². The lowest BCUT2D eigenvalue weighted by atomic mass is 10.1. The fraction of sp³-hybridized carbons (Fsp3) is 0.250. The third-order valence-electron chi connectivity index (χ3n) is 2.56. The van der Waals surface area contributed by atoms with Crippen LogP contribution in [0.25, 0.3) is 11.0 Å². The summed E-state index contributed by atoms with van der Waals surface area (Å²) in [6, 6.07) is 5.43. The lowest BCUT2D eigenvalue weighted by Crippen LogP contribution is -2.01. The minimum atomic E-state index is -0.400. The zero-order valence-electron chi connectivity index (χ0n) is 9.24. The Morgan fingerprint density at radius 2 is 2.25 bits per heavy atom. The van der Waals surface area contributed by atoms with Gasteiger partial charge < -0.3 is 14.9 Å². The highest BCUT2D eigenvalue weighted by Crippen LogP contribution is 2.26. The van der Waals surface area contributed by atoms with Crippen molar-refractivity contribution in [2.45, 2.75) is 13.5 Å². The van der Waals surface area contributed by atoms with Gasteiger partial charge in [0.15, 0.2) is 0 Å². The Bertz CT molecular complexity index is 542. The Labute approximate surface area is 93.0 Å². The van der Waals surface area contributed by atoms with E-state index in [2.05, 4.69) is 0 Å². The molecule has 0 saturated heterocycles. The van der Waals surface area contributed by atoms with Gasteiger partial charge in [0, 0.05) is 5.39 Å². The molecule has 0 aliphatic heterocycles. The number of carbonyl (C=O) groups excluding carboxylic acids is 1. The van der Waals surface area contributed by atoms with E-state index in [0.717, 1.165) is 10.9 Å². The Kier molecular flexibility index (Phi) is 2.66. The summed E-state index contributed by atoms with van der Waals surface area (Å²) in [6.45, 7) is 2.27. The molecule has 84 valence electrons. The molecule has 0 saturated carbocycles. The van der Waals surface area contributed by atoms with E-state index in [1.165, 1.54) is 7.11 Å². The van der Waals surface area contributed by atoms with Gasteiger partial charge in [-0.25, -0.2) is 4.79 Å². The molecule has 0 aliphatic rings. The van der Waals surface area contributed by atoms with Crippen molar-refractivity contribution in [1.29, 1.82) is 0 Å². The largest absolute Gasteiger partial charge is 0.465 e. The maximum absolute atomic E-state index is 11.5. The minimum absolute atomic E-state index is 0.314. The fourth-order valence-electron chi connectivity index (χ4n) is 1.68. The summed E-state index contributed by atoms with van der Waals surface area (Å²) >= 11 is 0. The van der Waals surface area contributed by atoms with Crippen molar-refractivity contribution in [1.82, 2.24) is 0 Å². The highest BCUT2D eigenvalue weighted by Gasteiger charge is 2.15. The van der Waals surface area contributed by atoms with E-state index in [9.17, 15) is 4.79 Å². The highest BCUT2D eigenvalue weighted by molar-refractivity contribution is 6.03. The summed E-state index contributed by atoms with van der Waals surface area (Å²) < 4.78 is 10.2. The van der Waals surface area contributed by atoms with Crippen LogP contribution in [0.3, 0.4) is 0 Å². The Morgan fingerprint density at radius 3 is 2.88 bits per heavy atom. The maximum atomic E-state index is 11.5. The lowest BCUT2D eigenvalue weighted by Gasteiger charge is -2.01. The van der Waals surface area contributed by atoms with Crippen LogP contribution in [0.2, 0.25) is 0 Å². The second kappa shape index (κ2) is 3.98. The Morgan fingerprint density at radius 1 is 1.50 bits per heavy atom.